The molecule has 0 bridgehead atoms. The first-order chi connectivity index (χ1) is 14.3. The van der Waals surface area contributed by atoms with E-state index in [9.17, 15) is 18.0 Å². The highest BCUT2D eigenvalue weighted by molar-refractivity contribution is 5.78. The number of ether oxygens (including phenoxy) is 2. The van der Waals surface area contributed by atoms with Gasteiger partial charge >= 0.3 is 6.36 Å². The second-order valence-corrected chi connectivity index (χ2v) is 7.25. The highest BCUT2D eigenvalue weighted by Gasteiger charge is 2.31. The van der Waals surface area contributed by atoms with Crippen molar-refractivity contribution in [3.8, 4) is 5.75 Å². The lowest BCUT2D eigenvalue weighted by Gasteiger charge is -2.35. The number of carbonyl (C=O) groups excluding carboxylic acids is 1. The Hall–Kier alpha value is -2.58. The fraction of sp³-hybridized carbons (Fsp3) is 0.409. The molecule has 1 atom stereocenters. The summed E-state index contributed by atoms with van der Waals surface area (Å²) in [7, 11) is 0. The van der Waals surface area contributed by atoms with Gasteiger partial charge in [-0.2, -0.15) is 0 Å². The highest BCUT2D eigenvalue weighted by atomic mass is 19.4. The zero-order valence-electron chi connectivity index (χ0n) is 16.7. The predicted octanol–water partition coefficient (Wildman–Crippen LogP) is 3.63. The molecule has 1 amide bonds. The Morgan fingerprint density at radius 2 is 1.87 bits per heavy atom. The molecular formula is C22H25F3N2O3. The van der Waals surface area contributed by atoms with Gasteiger partial charge in [0.15, 0.2) is 0 Å². The third-order valence-corrected chi connectivity index (χ3v) is 4.93. The summed E-state index contributed by atoms with van der Waals surface area (Å²) in [6.07, 6.45) is -4.65. The summed E-state index contributed by atoms with van der Waals surface area (Å²) in [5, 5.41) is 2.97. The lowest BCUT2D eigenvalue weighted by molar-refractivity contribution is -0.274. The summed E-state index contributed by atoms with van der Waals surface area (Å²) in [5.41, 5.74) is 2.89. The first kappa shape index (κ1) is 22.1. The molecule has 1 fully saturated rings. The molecule has 1 aliphatic heterocycles. The summed E-state index contributed by atoms with van der Waals surface area (Å²) >= 11 is 0. The maximum Gasteiger partial charge on any atom is 0.573 e. The van der Waals surface area contributed by atoms with Crippen molar-refractivity contribution in [1.82, 2.24) is 10.2 Å². The van der Waals surface area contributed by atoms with E-state index in [0.29, 0.717) is 25.3 Å². The van der Waals surface area contributed by atoms with Gasteiger partial charge in [0.2, 0.25) is 5.91 Å². The van der Waals surface area contributed by atoms with Crippen molar-refractivity contribution in [2.75, 3.05) is 32.8 Å². The van der Waals surface area contributed by atoms with Crippen LogP contribution in [-0.2, 0) is 16.0 Å². The molecule has 8 heteroatoms. The van der Waals surface area contributed by atoms with Gasteiger partial charge in [0.25, 0.3) is 0 Å². The van der Waals surface area contributed by atoms with Crippen LogP contribution < -0.4 is 10.1 Å². The largest absolute Gasteiger partial charge is 0.573 e. The number of nitrogens with zero attached hydrogens (tertiary/aromatic N) is 1. The van der Waals surface area contributed by atoms with Gasteiger partial charge in [-0.05, 0) is 30.2 Å². The number of hydrogen-bond donors (Lipinski definition) is 1. The van der Waals surface area contributed by atoms with Crippen LogP contribution in [0.4, 0.5) is 13.2 Å². The van der Waals surface area contributed by atoms with E-state index in [1.54, 1.807) is 0 Å². The number of hydrogen-bond acceptors (Lipinski definition) is 4. The molecule has 0 saturated carbocycles. The third-order valence-electron chi connectivity index (χ3n) is 4.93. The Kier molecular flexibility index (Phi) is 7.33. The van der Waals surface area contributed by atoms with Crippen molar-refractivity contribution in [3.63, 3.8) is 0 Å². The SMILES string of the molecule is Cc1cccc(C(CNC(=O)Cc2ccc(OC(F)(F)F)cc2)N2CCOCC2)c1. The summed E-state index contributed by atoms with van der Waals surface area (Å²) in [5.74, 6) is -0.496. The minimum atomic E-state index is -4.73. The summed E-state index contributed by atoms with van der Waals surface area (Å²) in [6.45, 7) is 5.36. The number of aryl methyl sites for hydroxylation is 1. The lowest BCUT2D eigenvalue weighted by atomic mass is 10.0. The number of halogens is 3. The Morgan fingerprint density at radius 3 is 2.50 bits per heavy atom. The van der Waals surface area contributed by atoms with E-state index in [0.717, 1.165) is 24.2 Å². The van der Waals surface area contributed by atoms with Crippen LogP contribution in [0, 0.1) is 6.92 Å². The van der Waals surface area contributed by atoms with Crippen molar-refractivity contribution < 1.29 is 27.4 Å². The van der Waals surface area contributed by atoms with Gasteiger partial charge < -0.3 is 14.8 Å². The standard InChI is InChI=1S/C22H25F3N2O3/c1-16-3-2-4-18(13-16)20(27-9-11-29-12-10-27)15-26-21(28)14-17-5-7-19(8-6-17)30-22(23,24)25/h2-8,13,20H,9-12,14-15H2,1H3,(H,26,28). The smallest absolute Gasteiger partial charge is 0.406 e. The molecule has 1 N–H and O–H groups in total. The van der Waals surface area contributed by atoms with Crippen molar-refractivity contribution in [3.05, 3.63) is 65.2 Å². The molecule has 1 saturated heterocycles. The molecule has 0 aliphatic carbocycles. The number of carbonyl (C=O) groups is 1. The molecule has 1 unspecified atom stereocenters. The van der Waals surface area contributed by atoms with Gasteiger partial charge in [-0.1, -0.05) is 42.0 Å². The molecule has 30 heavy (non-hydrogen) atoms. The highest BCUT2D eigenvalue weighted by Crippen LogP contribution is 2.24. The van der Waals surface area contributed by atoms with E-state index in [1.807, 2.05) is 19.1 Å². The monoisotopic (exact) mass is 422 g/mol. The zero-order chi connectivity index (χ0) is 21.6. The lowest BCUT2D eigenvalue weighted by Crippen LogP contribution is -2.44. The average molecular weight is 422 g/mol. The molecule has 3 rings (SSSR count). The van der Waals surface area contributed by atoms with E-state index in [1.165, 1.54) is 24.3 Å². The van der Waals surface area contributed by atoms with E-state index >= 15 is 0 Å². The second-order valence-electron chi connectivity index (χ2n) is 7.25. The van der Waals surface area contributed by atoms with Crippen molar-refractivity contribution in [2.24, 2.45) is 0 Å². The van der Waals surface area contributed by atoms with Gasteiger partial charge in [0, 0.05) is 19.6 Å². The Balaban J connectivity index is 1.60. The van der Waals surface area contributed by atoms with Crippen LogP contribution >= 0.6 is 0 Å². The molecule has 1 heterocycles. The molecule has 5 nitrogen and oxygen atoms in total. The van der Waals surface area contributed by atoms with Gasteiger partial charge in [-0.3, -0.25) is 9.69 Å². The van der Waals surface area contributed by atoms with Gasteiger partial charge in [0.1, 0.15) is 5.75 Å². The minimum absolute atomic E-state index is 0.0281. The van der Waals surface area contributed by atoms with Gasteiger partial charge in [-0.15, -0.1) is 13.2 Å². The zero-order valence-corrected chi connectivity index (χ0v) is 16.7. The van der Waals surface area contributed by atoms with Gasteiger partial charge in [0.05, 0.1) is 25.7 Å². The number of alkyl halides is 3. The average Bonchev–Trinajstić information content (AvgIpc) is 2.69. The number of amides is 1. The Bertz CT molecular complexity index is 834. The molecule has 2 aromatic carbocycles. The molecule has 1 aliphatic rings. The van der Waals surface area contributed by atoms with E-state index in [-0.39, 0.29) is 24.1 Å². The number of nitrogens with one attached hydrogen (secondary N) is 1. The maximum atomic E-state index is 12.4. The van der Waals surface area contributed by atoms with Crippen molar-refractivity contribution in [1.29, 1.82) is 0 Å². The fourth-order valence-electron chi connectivity index (χ4n) is 3.49. The number of benzene rings is 2. The first-order valence-corrected chi connectivity index (χ1v) is 9.80. The predicted molar refractivity (Wildman–Crippen MR) is 106 cm³/mol. The quantitative estimate of drug-likeness (QED) is 0.741. The fourth-order valence-corrected chi connectivity index (χ4v) is 3.49. The number of rotatable bonds is 7. The molecule has 0 radical (unpaired) electrons. The van der Waals surface area contributed by atoms with Crippen LogP contribution in [0.15, 0.2) is 48.5 Å². The second kappa shape index (κ2) is 9.95. The minimum Gasteiger partial charge on any atom is -0.406 e. The normalized spacial score (nSPS) is 16.1. The number of morpholine rings is 1. The summed E-state index contributed by atoms with van der Waals surface area (Å²) in [4.78, 5) is 14.7. The topological polar surface area (TPSA) is 50.8 Å². The molecule has 0 spiro atoms. The summed E-state index contributed by atoms with van der Waals surface area (Å²) in [6, 6.07) is 13.6. The van der Waals surface area contributed by atoms with E-state index in [4.69, 9.17) is 4.74 Å². The molecule has 162 valence electrons. The van der Waals surface area contributed by atoms with Crippen LogP contribution in [0.2, 0.25) is 0 Å². The molecule has 0 aromatic heterocycles. The van der Waals surface area contributed by atoms with E-state index in [2.05, 4.69) is 27.1 Å². The maximum absolute atomic E-state index is 12.4. The van der Waals surface area contributed by atoms with Crippen LogP contribution in [0.3, 0.4) is 0 Å². The molecule has 2 aromatic rings. The Morgan fingerprint density at radius 1 is 1.17 bits per heavy atom. The Labute approximate surface area is 173 Å². The summed E-state index contributed by atoms with van der Waals surface area (Å²) < 4.78 is 46.0. The molecular weight excluding hydrogens is 397 g/mol. The third kappa shape index (κ3) is 6.74. The van der Waals surface area contributed by atoms with Crippen LogP contribution in [0.1, 0.15) is 22.7 Å². The van der Waals surface area contributed by atoms with Gasteiger partial charge in [-0.25, -0.2) is 0 Å². The van der Waals surface area contributed by atoms with E-state index < -0.39 is 6.36 Å². The van der Waals surface area contributed by atoms with Crippen molar-refractivity contribution in [2.45, 2.75) is 25.7 Å². The van der Waals surface area contributed by atoms with Crippen molar-refractivity contribution >= 4 is 5.91 Å². The van der Waals surface area contributed by atoms with Crippen LogP contribution in [0.5, 0.6) is 5.75 Å². The van der Waals surface area contributed by atoms with Crippen LogP contribution in [0.25, 0.3) is 0 Å². The van der Waals surface area contributed by atoms with Crippen LogP contribution in [-0.4, -0.2) is 50.0 Å². The first-order valence-electron chi connectivity index (χ1n) is 9.80.